The quantitative estimate of drug-likeness (QED) is 0.393. The number of anilines is 1. The number of thiophene rings is 1. The molecular weight excluding hydrogens is 423 g/mol. The maximum absolute atomic E-state index is 12.7. The van der Waals surface area contributed by atoms with E-state index in [4.69, 9.17) is 27.9 Å². The number of aromatic nitrogens is 1. The normalized spacial score (nSPS) is 10.9. The standard InChI is InChI=1S/C19H12Cl2N2O2S2/c1-25-12-6-7-15-13(8-12)16(21)17(27-15)18(24)23-19-22-14(9-26-19)10-2-4-11(20)5-3-10/h2-9H,1H3,(H,22,23,24). The molecule has 0 aliphatic heterocycles. The average Bonchev–Trinajstić information content (AvgIpc) is 3.27. The predicted molar refractivity (Wildman–Crippen MR) is 114 cm³/mol. The Morgan fingerprint density at radius 1 is 1.15 bits per heavy atom. The van der Waals surface area contributed by atoms with Crippen LogP contribution in [0.25, 0.3) is 21.3 Å². The van der Waals surface area contributed by atoms with Gasteiger partial charge < -0.3 is 4.74 Å². The highest BCUT2D eigenvalue weighted by atomic mass is 35.5. The molecule has 0 aliphatic carbocycles. The molecule has 0 fully saturated rings. The highest BCUT2D eigenvalue weighted by molar-refractivity contribution is 7.22. The van der Waals surface area contributed by atoms with E-state index >= 15 is 0 Å². The van der Waals surface area contributed by atoms with Gasteiger partial charge >= 0.3 is 0 Å². The molecule has 4 rings (SSSR count). The molecule has 0 spiro atoms. The Kier molecular flexibility index (Phi) is 5.06. The molecular formula is C19H12Cl2N2O2S2. The molecule has 2 aromatic carbocycles. The average molecular weight is 435 g/mol. The van der Waals surface area contributed by atoms with Gasteiger partial charge in [-0.3, -0.25) is 10.1 Å². The van der Waals surface area contributed by atoms with Gasteiger partial charge in [0.15, 0.2) is 5.13 Å². The lowest BCUT2D eigenvalue weighted by Crippen LogP contribution is -2.10. The lowest BCUT2D eigenvalue weighted by atomic mass is 10.2. The van der Waals surface area contributed by atoms with Gasteiger partial charge in [-0.15, -0.1) is 22.7 Å². The zero-order chi connectivity index (χ0) is 19.0. The first-order valence-corrected chi connectivity index (χ1v) is 10.3. The minimum Gasteiger partial charge on any atom is -0.497 e. The molecule has 27 heavy (non-hydrogen) atoms. The summed E-state index contributed by atoms with van der Waals surface area (Å²) >= 11 is 15.0. The smallest absolute Gasteiger partial charge is 0.269 e. The number of carbonyl (C=O) groups is 1. The minimum absolute atomic E-state index is 0.280. The summed E-state index contributed by atoms with van der Waals surface area (Å²) in [6, 6.07) is 12.9. The number of amides is 1. The van der Waals surface area contributed by atoms with E-state index in [9.17, 15) is 4.79 Å². The lowest BCUT2D eigenvalue weighted by Gasteiger charge is -2.00. The Morgan fingerprint density at radius 2 is 1.93 bits per heavy atom. The number of methoxy groups -OCH3 is 1. The summed E-state index contributed by atoms with van der Waals surface area (Å²) in [5, 5.41) is 7.10. The van der Waals surface area contributed by atoms with Crippen LogP contribution in [0.5, 0.6) is 5.75 Å². The van der Waals surface area contributed by atoms with E-state index in [-0.39, 0.29) is 5.91 Å². The summed E-state index contributed by atoms with van der Waals surface area (Å²) in [5.74, 6) is 0.416. The first kappa shape index (κ1) is 18.3. The number of benzene rings is 2. The van der Waals surface area contributed by atoms with Gasteiger partial charge in [0.2, 0.25) is 0 Å². The van der Waals surface area contributed by atoms with Crippen molar-refractivity contribution in [2.24, 2.45) is 0 Å². The number of halogens is 2. The first-order valence-electron chi connectivity index (χ1n) is 7.84. The van der Waals surface area contributed by atoms with Crippen LogP contribution in [-0.4, -0.2) is 18.0 Å². The van der Waals surface area contributed by atoms with Gasteiger partial charge in [0.05, 0.1) is 17.8 Å². The highest BCUT2D eigenvalue weighted by Gasteiger charge is 2.19. The number of fused-ring (bicyclic) bond motifs is 1. The van der Waals surface area contributed by atoms with Crippen LogP contribution >= 0.6 is 45.9 Å². The third-order valence-corrected chi connectivity index (χ3v) is 6.59. The lowest BCUT2D eigenvalue weighted by molar-refractivity contribution is 0.103. The number of hydrogen-bond donors (Lipinski definition) is 1. The number of hydrogen-bond acceptors (Lipinski definition) is 5. The first-order chi connectivity index (χ1) is 13.0. The van der Waals surface area contributed by atoms with Gasteiger partial charge in [-0.2, -0.15) is 0 Å². The Hall–Kier alpha value is -2.12. The van der Waals surface area contributed by atoms with Gasteiger partial charge in [0, 0.05) is 26.1 Å². The van der Waals surface area contributed by atoms with E-state index in [0.717, 1.165) is 21.3 Å². The van der Waals surface area contributed by atoms with Crippen molar-refractivity contribution in [3.63, 3.8) is 0 Å². The third-order valence-electron chi connectivity index (χ3n) is 3.91. The van der Waals surface area contributed by atoms with Crippen molar-refractivity contribution in [1.82, 2.24) is 4.98 Å². The Bertz CT molecular complexity index is 1140. The Balaban J connectivity index is 1.58. The van der Waals surface area contributed by atoms with Crippen molar-refractivity contribution in [3.05, 3.63) is 62.8 Å². The molecule has 2 aromatic heterocycles. The maximum Gasteiger partial charge on any atom is 0.269 e. The van der Waals surface area contributed by atoms with Gasteiger partial charge in [-0.25, -0.2) is 4.98 Å². The minimum atomic E-state index is -0.280. The molecule has 1 amide bonds. The summed E-state index contributed by atoms with van der Waals surface area (Å²) in [6.45, 7) is 0. The second-order valence-corrected chi connectivity index (χ2v) is 8.33. The molecule has 0 saturated heterocycles. The van der Waals surface area contributed by atoms with Gasteiger partial charge in [0.25, 0.3) is 5.91 Å². The van der Waals surface area contributed by atoms with Crippen LogP contribution in [-0.2, 0) is 0 Å². The SMILES string of the molecule is COc1ccc2sc(C(=O)Nc3nc(-c4ccc(Cl)cc4)cs3)c(Cl)c2c1. The van der Waals surface area contributed by atoms with Crippen molar-refractivity contribution in [2.45, 2.75) is 0 Å². The third kappa shape index (κ3) is 3.66. The van der Waals surface area contributed by atoms with Crippen LogP contribution < -0.4 is 10.1 Å². The summed E-state index contributed by atoms with van der Waals surface area (Å²) in [6.07, 6.45) is 0. The van der Waals surface area contributed by atoms with Crippen molar-refractivity contribution < 1.29 is 9.53 Å². The second-order valence-electron chi connectivity index (χ2n) is 5.61. The highest BCUT2D eigenvalue weighted by Crippen LogP contribution is 2.38. The molecule has 2 heterocycles. The Morgan fingerprint density at radius 3 is 2.67 bits per heavy atom. The fourth-order valence-corrected chi connectivity index (χ4v) is 4.78. The number of thiazole rings is 1. The van der Waals surface area contributed by atoms with E-state index < -0.39 is 0 Å². The van der Waals surface area contributed by atoms with Crippen molar-refractivity contribution in [1.29, 1.82) is 0 Å². The molecule has 4 nitrogen and oxygen atoms in total. The number of carbonyl (C=O) groups excluding carboxylic acids is 1. The zero-order valence-corrected chi connectivity index (χ0v) is 17.1. The molecule has 0 aliphatic rings. The zero-order valence-electron chi connectivity index (χ0n) is 14.0. The largest absolute Gasteiger partial charge is 0.497 e. The topological polar surface area (TPSA) is 51.2 Å². The van der Waals surface area contributed by atoms with Gasteiger partial charge in [-0.05, 0) is 30.3 Å². The van der Waals surface area contributed by atoms with Crippen molar-refractivity contribution >= 4 is 67.0 Å². The fourth-order valence-electron chi connectivity index (χ4n) is 2.56. The number of ether oxygens (including phenoxy) is 1. The molecule has 1 N–H and O–H groups in total. The number of rotatable bonds is 4. The van der Waals surface area contributed by atoms with Gasteiger partial charge in [-0.1, -0.05) is 35.3 Å². The van der Waals surface area contributed by atoms with Crippen LogP contribution in [0.15, 0.2) is 47.8 Å². The van der Waals surface area contributed by atoms with E-state index in [0.29, 0.717) is 25.8 Å². The summed E-state index contributed by atoms with van der Waals surface area (Å²) in [5.41, 5.74) is 1.71. The van der Waals surface area contributed by atoms with Crippen molar-refractivity contribution in [2.75, 3.05) is 12.4 Å². The predicted octanol–water partition coefficient (Wildman–Crippen LogP) is 6.59. The summed E-state index contributed by atoms with van der Waals surface area (Å²) in [7, 11) is 1.59. The monoisotopic (exact) mass is 434 g/mol. The summed E-state index contributed by atoms with van der Waals surface area (Å²) in [4.78, 5) is 17.6. The van der Waals surface area contributed by atoms with Crippen LogP contribution in [0.4, 0.5) is 5.13 Å². The molecule has 8 heteroatoms. The maximum atomic E-state index is 12.7. The molecule has 0 radical (unpaired) electrons. The van der Waals surface area contributed by atoms with Crippen LogP contribution in [0.3, 0.4) is 0 Å². The van der Waals surface area contributed by atoms with E-state index in [1.54, 1.807) is 19.2 Å². The fraction of sp³-hybridized carbons (Fsp3) is 0.0526. The number of nitrogens with one attached hydrogen (secondary N) is 1. The second kappa shape index (κ2) is 7.48. The van der Waals surface area contributed by atoms with Crippen LogP contribution in [0.2, 0.25) is 10.0 Å². The molecule has 0 bridgehead atoms. The molecule has 0 atom stereocenters. The van der Waals surface area contributed by atoms with E-state index in [1.165, 1.54) is 22.7 Å². The van der Waals surface area contributed by atoms with E-state index in [2.05, 4.69) is 10.3 Å². The van der Waals surface area contributed by atoms with Crippen LogP contribution in [0.1, 0.15) is 9.67 Å². The number of nitrogens with zero attached hydrogens (tertiary/aromatic N) is 1. The van der Waals surface area contributed by atoms with Gasteiger partial charge in [0.1, 0.15) is 10.6 Å². The molecule has 136 valence electrons. The Labute approximate surface area is 173 Å². The van der Waals surface area contributed by atoms with Crippen molar-refractivity contribution in [3.8, 4) is 17.0 Å². The molecule has 0 saturated carbocycles. The van der Waals surface area contributed by atoms with Crippen LogP contribution in [0, 0.1) is 0 Å². The molecule has 4 aromatic rings. The summed E-state index contributed by atoms with van der Waals surface area (Å²) < 4.78 is 6.15. The van der Waals surface area contributed by atoms with E-state index in [1.807, 2.05) is 35.7 Å². The molecule has 0 unspecified atom stereocenters.